The number of carbonyl (C=O) groups excluding carboxylic acids is 1. The van der Waals surface area contributed by atoms with Crippen molar-refractivity contribution in [3.63, 3.8) is 0 Å². The van der Waals surface area contributed by atoms with Crippen LogP contribution in [0.15, 0.2) is 24.5 Å². The van der Waals surface area contributed by atoms with Crippen LogP contribution < -0.4 is 5.32 Å². The fraction of sp³-hybridized carbons (Fsp3) is 0.143. The van der Waals surface area contributed by atoms with Gasteiger partial charge in [0.15, 0.2) is 0 Å². The first-order valence-electron chi connectivity index (χ1n) is 6.02. The van der Waals surface area contributed by atoms with E-state index in [1.807, 2.05) is 0 Å². The number of amides is 1. The number of halogens is 1. The van der Waals surface area contributed by atoms with Crippen molar-refractivity contribution in [3.8, 4) is 0 Å². The summed E-state index contributed by atoms with van der Waals surface area (Å²) in [5.41, 5.74) is 1.17. The monoisotopic (exact) mass is 305 g/mol. The summed E-state index contributed by atoms with van der Waals surface area (Å²) < 4.78 is 0. The Kier molecular flexibility index (Phi) is 4.18. The lowest BCUT2D eigenvalue weighted by molar-refractivity contribution is 0.0691. The summed E-state index contributed by atoms with van der Waals surface area (Å²) in [5, 5.41) is 12.0. The molecule has 6 nitrogen and oxygen atoms in total. The second-order valence-electron chi connectivity index (χ2n) is 4.43. The summed E-state index contributed by atoms with van der Waals surface area (Å²) in [5.74, 6) is -1.50. The molecule has 21 heavy (non-hydrogen) atoms. The standard InChI is InChI=1S/C14H12ClN3O3/c1-7-3-4-8(2)12(14(20)21)11(7)13(19)18-10-5-9(15)16-6-17-10/h3-6H,1-2H3,(H,20,21)(H,16,17,18,19). The first-order valence-corrected chi connectivity index (χ1v) is 6.40. The van der Waals surface area contributed by atoms with Crippen LogP contribution in [0.5, 0.6) is 0 Å². The van der Waals surface area contributed by atoms with Crippen molar-refractivity contribution in [3.05, 3.63) is 51.9 Å². The highest BCUT2D eigenvalue weighted by atomic mass is 35.5. The molecule has 0 saturated carbocycles. The molecule has 0 saturated heterocycles. The number of aryl methyl sites for hydroxylation is 2. The molecule has 1 heterocycles. The number of aromatic nitrogens is 2. The van der Waals surface area contributed by atoms with Gasteiger partial charge in [-0.2, -0.15) is 0 Å². The van der Waals surface area contributed by atoms with Crippen LogP contribution in [0.1, 0.15) is 31.8 Å². The van der Waals surface area contributed by atoms with Crippen LogP contribution in [0.25, 0.3) is 0 Å². The molecule has 0 fully saturated rings. The van der Waals surface area contributed by atoms with Gasteiger partial charge >= 0.3 is 5.97 Å². The van der Waals surface area contributed by atoms with Gasteiger partial charge < -0.3 is 10.4 Å². The zero-order valence-corrected chi connectivity index (χ0v) is 12.1. The van der Waals surface area contributed by atoms with E-state index in [1.165, 1.54) is 12.4 Å². The molecule has 0 aliphatic heterocycles. The predicted octanol–water partition coefficient (Wildman–Crippen LogP) is 2.70. The normalized spacial score (nSPS) is 10.2. The van der Waals surface area contributed by atoms with E-state index in [0.29, 0.717) is 11.1 Å². The summed E-state index contributed by atoms with van der Waals surface area (Å²) in [6.07, 6.45) is 1.21. The smallest absolute Gasteiger partial charge is 0.336 e. The van der Waals surface area contributed by atoms with Crippen molar-refractivity contribution in [2.24, 2.45) is 0 Å². The van der Waals surface area contributed by atoms with Crippen molar-refractivity contribution in [1.82, 2.24) is 9.97 Å². The molecule has 7 heteroatoms. The number of carbonyl (C=O) groups is 2. The summed E-state index contributed by atoms with van der Waals surface area (Å²) >= 11 is 5.72. The molecular weight excluding hydrogens is 294 g/mol. The quantitative estimate of drug-likeness (QED) is 0.851. The number of nitrogens with one attached hydrogen (secondary N) is 1. The average Bonchev–Trinajstić information content (AvgIpc) is 2.40. The molecule has 2 rings (SSSR count). The molecule has 108 valence electrons. The molecule has 0 unspecified atom stereocenters. The zero-order chi connectivity index (χ0) is 15.6. The van der Waals surface area contributed by atoms with Crippen molar-refractivity contribution in [1.29, 1.82) is 0 Å². The molecule has 1 aromatic carbocycles. The van der Waals surface area contributed by atoms with E-state index in [-0.39, 0.29) is 22.1 Å². The molecule has 2 N–H and O–H groups in total. The number of aromatic carboxylic acids is 1. The van der Waals surface area contributed by atoms with Gasteiger partial charge in [0.05, 0.1) is 11.1 Å². The van der Waals surface area contributed by atoms with Crippen LogP contribution in [-0.4, -0.2) is 27.0 Å². The summed E-state index contributed by atoms with van der Waals surface area (Å²) in [7, 11) is 0. The van der Waals surface area contributed by atoms with Gasteiger partial charge in [0.1, 0.15) is 17.3 Å². The highest BCUT2D eigenvalue weighted by Crippen LogP contribution is 2.20. The van der Waals surface area contributed by atoms with Crippen molar-refractivity contribution in [2.75, 3.05) is 5.32 Å². The highest BCUT2D eigenvalue weighted by Gasteiger charge is 2.21. The third kappa shape index (κ3) is 3.17. The zero-order valence-electron chi connectivity index (χ0n) is 11.3. The second kappa shape index (κ2) is 5.88. The minimum atomic E-state index is -1.15. The maximum Gasteiger partial charge on any atom is 0.336 e. The van der Waals surface area contributed by atoms with E-state index in [9.17, 15) is 14.7 Å². The van der Waals surface area contributed by atoms with Gasteiger partial charge in [-0.1, -0.05) is 23.7 Å². The second-order valence-corrected chi connectivity index (χ2v) is 4.82. The number of benzene rings is 1. The van der Waals surface area contributed by atoms with Crippen molar-refractivity contribution in [2.45, 2.75) is 13.8 Å². The number of rotatable bonds is 3. The Morgan fingerprint density at radius 2 is 1.76 bits per heavy atom. The van der Waals surface area contributed by atoms with Gasteiger partial charge in [0.25, 0.3) is 5.91 Å². The first kappa shape index (κ1) is 14.9. The third-order valence-electron chi connectivity index (χ3n) is 2.94. The molecule has 0 aliphatic rings. The molecule has 1 aromatic heterocycles. The number of nitrogens with zero attached hydrogens (tertiary/aromatic N) is 2. The maximum atomic E-state index is 12.3. The van der Waals surface area contributed by atoms with Crippen LogP contribution in [-0.2, 0) is 0 Å². The summed E-state index contributed by atoms with van der Waals surface area (Å²) in [6, 6.07) is 4.74. The molecule has 0 aliphatic carbocycles. The SMILES string of the molecule is Cc1ccc(C)c(C(=O)Nc2cc(Cl)ncn2)c1C(=O)O. The maximum absolute atomic E-state index is 12.3. The lowest BCUT2D eigenvalue weighted by atomic mass is 9.96. The Hall–Kier alpha value is -2.47. The van der Waals surface area contributed by atoms with E-state index < -0.39 is 11.9 Å². The first-order chi connectivity index (χ1) is 9.90. The Morgan fingerprint density at radius 3 is 2.33 bits per heavy atom. The van der Waals surface area contributed by atoms with Crippen molar-refractivity contribution >= 4 is 29.3 Å². The largest absolute Gasteiger partial charge is 0.478 e. The summed E-state index contributed by atoms with van der Waals surface area (Å²) in [4.78, 5) is 31.3. The van der Waals surface area contributed by atoms with Gasteiger partial charge in [-0.25, -0.2) is 14.8 Å². The minimum absolute atomic E-state index is 0.0207. The average molecular weight is 306 g/mol. The fourth-order valence-corrected chi connectivity index (χ4v) is 2.11. The Labute approximate surface area is 125 Å². The Balaban J connectivity index is 2.44. The molecule has 0 spiro atoms. The Morgan fingerprint density at radius 1 is 1.14 bits per heavy atom. The summed E-state index contributed by atoms with van der Waals surface area (Å²) in [6.45, 7) is 3.31. The molecule has 2 aromatic rings. The van der Waals surface area contributed by atoms with Crippen LogP contribution >= 0.6 is 11.6 Å². The van der Waals surface area contributed by atoms with E-state index in [1.54, 1.807) is 26.0 Å². The number of carboxylic acids is 1. The van der Waals surface area contributed by atoms with Gasteiger partial charge in [-0.05, 0) is 25.0 Å². The minimum Gasteiger partial charge on any atom is -0.478 e. The van der Waals surface area contributed by atoms with Crippen LogP contribution in [0.4, 0.5) is 5.82 Å². The van der Waals surface area contributed by atoms with Crippen molar-refractivity contribution < 1.29 is 14.7 Å². The van der Waals surface area contributed by atoms with E-state index in [0.717, 1.165) is 0 Å². The van der Waals surface area contributed by atoms with Crippen LogP contribution in [0.3, 0.4) is 0 Å². The van der Waals surface area contributed by atoms with Gasteiger partial charge in [0, 0.05) is 6.07 Å². The van der Waals surface area contributed by atoms with E-state index >= 15 is 0 Å². The van der Waals surface area contributed by atoms with E-state index in [2.05, 4.69) is 15.3 Å². The predicted molar refractivity (Wildman–Crippen MR) is 77.9 cm³/mol. The molecule has 0 atom stereocenters. The molecule has 0 bridgehead atoms. The fourth-order valence-electron chi connectivity index (χ4n) is 1.96. The number of hydrogen-bond acceptors (Lipinski definition) is 4. The number of carboxylic acid groups (broad SMARTS) is 1. The highest BCUT2D eigenvalue weighted by molar-refractivity contribution is 6.29. The lowest BCUT2D eigenvalue weighted by Gasteiger charge is -2.12. The van der Waals surface area contributed by atoms with Crippen LogP contribution in [0.2, 0.25) is 5.15 Å². The molecular formula is C14H12ClN3O3. The third-order valence-corrected chi connectivity index (χ3v) is 3.14. The molecule has 0 radical (unpaired) electrons. The lowest BCUT2D eigenvalue weighted by Crippen LogP contribution is -2.19. The van der Waals surface area contributed by atoms with Crippen LogP contribution in [0, 0.1) is 13.8 Å². The molecule has 1 amide bonds. The van der Waals surface area contributed by atoms with Gasteiger partial charge in [-0.15, -0.1) is 0 Å². The van der Waals surface area contributed by atoms with Gasteiger partial charge in [-0.3, -0.25) is 4.79 Å². The Bertz CT molecular complexity index is 731. The number of hydrogen-bond donors (Lipinski definition) is 2. The topological polar surface area (TPSA) is 92.2 Å². The van der Waals surface area contributed by atoms with Gasteiger partial charge in [0.2, 0.25) is 0 Å². The number of anilines is 1. The van der Waals surface area contributed by atoms with E-state index in [4.69, 9.17) is 11.6 Å².